The Morgan fingerprint density at radius 2 is 2.15 bits per heavy atom. The largest absolute Gasteiger partial charge is 0.275 e. The van der Waals surface area contributed by atoms with Crippen molar-refractivity contribution >= 4 is 0 Å². The fourth-order valence-electron chi connectivity index (χ4n) is 1.07. The van der Waals surface area contributed by atoms with Crippen molar-refractivity contribution in [1.82, 2.24) is 14.5 Å². The molecule has 0 saturated carbocycles. The maximum absolute atomic E-state index is 8.71. The van der Waals surface area contributed by atoms with E-state index in [0.29, 0.717) is 11.6 Å². The van der Waals surface area contributed by atoms with Crippen LogP contribution in [-0.2, 0) is 0 Å². The summed E-state index contributed by atoms with van der Waals surface area (Å²) in [4.78, 5) is 7.97. The number of aromatic nitrogens is 3. The molecule has 0 unspecified atom stereocenters. The molecule has 0 fully saturated rings. The fourth-order valence-corrected chi connectivity index (χ4v) is 1.07. The van der Waals surface area contributed by atoms with E-state index >= 15 is 0 Å². The summed E-state index contributed by atoms with van der Waals surface area (Å²) in [5, 5.41) is 8.71. The van der Waals surface area contributed by atoms with Crippen LogP contribution < -0.4 is 0 Å². The average Bonchev–Trinajstić information content (AvgIpc) is 2.67. The molecule has 2 heterocycles. The third-order valence-corrected chi connectivity index (χ3v) is 1.64. The number of hydrogen-bond acceptors (Lipinski definition) is 3. The average molecular weight is 170 g/mol. The summed E-state index contributed by atoms with van der Waals surface area (Å²) >= 11 is 0. The molecule has 0 bridgehead atoms. The molecule has 2 aromatic rings. The summed E-state index contributed by atoms with van der Waals surface area (Å²) in [6.45, 7) is 0. The van der Waals surface area contributed by atoms with E-state index in [1.807, 2.05) is 24.3 Å². The van der Waals surface area contributed by atoms with Crippen molar-refractivity contribution in [1.29, 1.82) is 5.26 Å². The van der Waals surface area contributed by atoms with Crippen molar-refractivity contribution < 1.29 is 0 Å². The molecule has 0 aliphatic heterocycles. The van der Waals surface area contributed by atoms with Crippen LogP contribution in [0.1, 0.15) is 5.82 Å². The molecular formula is C9H6N4. The molecule has 0 aromatic carbocycles. The molecule has 0 amide bonds. The Labute approximate surface area is 75.1 Å². The van der Waals surface area contributed by atoms with Crippen LogP contribution in [0.25, 0.3) is 5.82 Å². The van der Waals surface area contributed by atoms with Gasteiger partial charge in [-0.1, -0.05) is 6.07 Å². The van der Waals surface area contributed by atoms with E-state index in [1.165, 1.54) is 0 Å². The first-order valence-corrected chi connectivity index (χ1v) is 3.76. The molecule has 4 nitrogen and oxygen atoms in total. The van der Waals surface area contributed by atoms with Crippen molar-refractivity contribution in [2.75, 3.05) is 0 Å². The summed E-state index contributed by atoms with van der Waals surface area (Å²) in [5.74, 6) is 1.05. The highest BCUT2D eigenvalue weighted by atomic mass is 15.1. The lowest BCUT2D eigenvalue weighted by molar-refractivity contribution is 0.967. The van der Waals surface area contributed by atoms with Gasteiger partial charge in [-0.05, 0) is 12.1 Å². The van der Waals surface area contributed by atoms with Gasteiger partial charge < -0.3 is 0 Å². The van der Waals surface area contributed by atoms with Crippen molar-refractivity contribution in [3.8, 4) is 11.9 Å². The zero-order valence-electron chi connectivity index (χ0n) is 6.75. The molecule has 13 heavy (non-hydrogen) atoms. The predicted molar refractivity (Wildman–Crippen MR) is 46.1 cm³/mol. The molecule has 2 aromatic heterocycles. The summed E-state index contributed by atoms with van der Waals surface area (Å²) in [5.41, 5.74) is 0. The van der Waals surface area contributed by atoms with Gasteiger partial charge in [-0.3, -0.25) is 4.57 Å². The maximum Gasteiger partial charge on any atom is 0.218 e. The molecule has 0 spiro atoms. The van der Waals surface area contributed by atoms with Gasteiger partial charge in [0.05, 0.1) is 0 Å². The molecule has 0 aliphatic rings. The molecule has 0 aliphatic carbocycles. The first-order valence-electron chi connectivity index (χ1n) is 3.76. The van der Waals surface area contributed by atoms with Crippen LogP contribution in [0.2, 0.25) is 0 Å². The monoisotopic (exact) mass is 170 g/mol. The minimum atomic E-state index is 0.346. The lowest BCUT2D eigenvalue weighted by Crippen LogP contribution is -1.98. The van der Waals surface area contributed by atoms with Crippen molar-refractivity contribution in [3.05, 3.63) is 42.6 Å². The highest BCUT2D eigenvalue weighted by molar-refractivity contribution is 5.28. The van der Waals surface area contributed by atoms with E-state index in [4.69, 9.17) is 5.26 Å². The molecule has 62 valence electrons. The maximum atomic E-state index is 8.71. The molecular weight excluding hydrogens is 164 g/mol. The number of imidazole rings is 1. The molecule has 0 atom stereocenters. The Morgan fingerprint density at radius 3 is 2.85 bits per heavy atom. The standard InChI is InChI=1S/C9H6N4/c10-7-9-12-5-6-13(9)8-3-1-2-4-11-8/h1-6H. The van der Waals surface area contributed by atoms with Gasteiger partial charge >= 0.3 is 0 Å². The summed E-state index contributed by atoms with van der Waals surface area (Å²) in [6.07, 6.45) is 4.96. The van der Waals surface area contributed by atoms with Crippen LogP contribution in [0.3, 0.4) is 0 Å². The van der Waals surface area contributed by atoms with Gasteiger partial charge in [-0.2, -0.15) is 5.26 Å². The fraction of sp³-hybridized carbons (Fsp3) is 0. The normalized spacial score (nSPS) is 9.46. The number of nitrogens with zero attached hydrogens (tertiary/aromatic N) is 4. The zero-order chi connectivity index (χ0) is 9.10. The molecule has 0 radical (unpaired) electrons. The first-order chi connectivity index (χ1) is 6.42. The van der Waals surface area contributed by atoms with Gasteiger partial charge in [0.25, 0.3) is 0 Å². The Balaban J connectivity index is 2.54. The Kier molecular flexibility index (Phi) is 1.77. The van der Waals surface area contributed by atoms with Crippen LogP contribution in [0.4, 0.5) is 0 Å². The van der Waals surface area contributed by atoms with Gasteiger partial charge in [0, 0.05) is 18.6 Å². The van der Waals surface area contributed by atoms with Crippen LogP contribution in [0.5, 0.6) is 0 Å². The van der Waals surface area contributed by atoms with Gasteiger partial charge in [-0.25, -0.2) is 9.97 Å². The van der Waals surface area contributed by atoms with Gasteiger partial charge in [0.15, 0.2) is 0 Å². The third kappa shape index (κ3) is 1.27. The zero-order valence-corrected chi connectivity index (χ0v) is 6.75. The number of nitriles is 1. The number of pyridine rings is 1. The lowest BCUT2D eigenvalue weighted by atomic mass is 10.4. The Bertz CT molecular complexity index is 438. The Hall–Kier alpha value is -2.15. The quantitative estimate of drug-likeness (QED) is 0.644. The number of hydrogen-bond donors (Lipinski definition) is 0. The minimum absolute atomic E-state index is 0.346. The molecule has 4 heteroatoms. The van der Waals surface area contributed by atoms with E-state index < -0.39 is 0 Å². The summed E-state index contributed by atoms with van der Waals surface area (Å²) in [6, 6.07) is 7.50. The summed E-state index contributed by atoms with van der Waals surface area (Å²) in [7, 11) is 0. The molecule has 0 N–H and O–H groups in total. The van der Waals surface area contributed by atoms with E-state index in [-0.39, 0.29) is 0 Å². The van der Waals surface area contributed by atoms with Crippen molar-refractivity contribution in [2.45, 2.75) is 0 Å². The van der Waals surface area contributed by atoms with Gasteiger partial charge in [0.1, 0.15) is 11.9 Å². The number of rotatable bonds is 1. The molecule has 0 saturated heterocycles. The first kappa shape index (κ1) is 7.50. The topological polar surface area (TPSA) is 54.5 Å². The second-order valence-electron chi connectivity index (χ2n) is 2.42. The van der Waals surface area contributed by atoms with E-state index in [2.05, 4.69) is 9.97 Å². The highest BCUT2D eigenvalue weighted by Crippen LogP contribution is 2.05. The van der Waals surface area contributed by atoms with Crippen LogP contribution in [0, 0.1) is 11.3 Å². The lowest BCUT2D eigenvalue weighted by Gasteiger charge is -1.99. The molecule has 2 rings (SSSR count). The van der Waals surface area contributed by atoms with Crippen molar-refractivity contribution in [2.24, 2.45) is 0 Å². The second-order valence-corrected chi connectivity index (χ2v) is 2.42. The van der Waals surface area contributed by atoms with E-state index in [0.717, 1.165) is 0 Å². The van der Waals surface area contributed by atoms with Crippen LogP contribution in [-0.4, -0.2) is 14.5 Å². The van der Waals surface area contributed by atoms with Crippen molar-refractivity contribution in [3.63, 3.8) is 0 Å². The van der Waals surface area contributed by atoms with Crippen LogP contribution >= 0.6 is 0 Å². The van der Waals surface area contributed by atoms with E-state index in [1.54, 1.807) is 23.2 Å². The predicted octanol–water partition coefficient (Wildman–Crippen LogP) is 1.14. The smallest absolute Gasteiger partial charge is 0.218 e. The SMILES string of the molecule is N#Cc1nccn1-c1ccccn1. The van der Waals surface area contributed by atoms with Crippen LogP contribution in [0.15, 0.2) is 36.8 Å². The summed E-state index contributed by atoms with van der Waals surface area (Å²) < 4.78 is 1.64. The second kappa shape index (κ2) is 3.07. The van der Waals surface area contributed by atoms with Gasteiger partial charge in [-0.15, -0.1) is 0 Å². The van der Waals surface area contributed by atoms with Gasteiger partial charge in [0.2, 0.25) is 5.82 Å². The highest BCUT2D eigenvalue weighted by Gasteiger charge is 2.02. The Morgan fingerprint density at radius 1 is 1.23 bits per heavy atom. The minimum Gasteiger partial charge on any atom is -0.275 e. The van der Waals surface area contributed by atoms with E-state index in [9.17, 15) is 0 Å². The third-order valence-electron chi connectivity index (χ3n) is 1.64.